The fourth-order valence-corrected chi connectivity index (χ4v) is 13.9. The fourth-order valence-electron chi connectivity index (χ4n) is 13.9. The van der Waals surface area contributed by atoms with Crippen LogP contribution in [0, 0.1) is 53.3 Å². The molecule has 2 rings (SSSR count). The lowest BCUT2D eigenvalue weighted by atomic mass is 9.83. The van der Waals surface area contributed by atoms with Crippen LogP contribution >= 0.6 is 0 Å². The SMILES string of the molecule is CC[C@@H](C)C[C@@H](C)C[C@@H](C)[C@@H](O)[C@@H](C)C(=O)N[C@H](CCCN)C(=O)N[C@@H](CCC(N)=O)[C@@H](O)[C@@H](O)C(=O)N[C@H](C(=O)N[C@H]1C(=O)N[C@H](CO)C(=O)N[C@H](CCCN)C(=O)N[C@@H](CC(C)C)C(=O)N(C)[C@@H](CCC(N)=O)C(=O)N[C@@H]([C@@H](C)OC)C(=O)N[C@H](CC(=O)O)C(=O)N2CCCC[C@H]2C(=O)O[C@@H]1[C@H](C)C(C)C)[C@@H](C)[C@@H](C)C(N)=O. The van der Waals surface area contributed by atoms with Gasteiger partial charge in [0.25, 0.3) is 5.91 Å². The molecule has 656 valence electrons. The van der Waals surface area contributed by atoms with Crippen molar-refractivity contribution < 1.29 is 112 Å². The standard InChI is InChI=1S/C76H134N16O23/c1-16-38(6)32-39(7)33-40(8)60(98)44(12)65(102)83-47(21-19-28-77)66(103)82-46(24-26-54(79)94)61(99)62(100)73(110)88-57(42(10)43(11)64(81)101)70(107)90-59-63(41(9)37(4)5)115-76(113)53-23-17-18-30-92(53)75(112)50(34-56(96)97)86-71(108)58(45(13)114-15)89-69(106)52(25-27-55(80)95)91(14)74(111)49(31-36(2)3)85-67(104)48(22-20-29-78)84-68(105)51(35-93)87-72(59)109/h36-53,57-63,93,98-100H,16-35,77-78H2,1-15H3,(H2,79,94)(H2,80,95)(H2,81,101)(H,82,103)(H,83,102)(H,84,105)(H,85,104)(H,86,108)(H,87,109)(H,88,110)(H,89,106)(H,90,107)(H,96,97)/t38-,39-,40-,41-,42+,43-,44-,45-,46+,47-,48-,49+,50-,51-,52+,53+,57+,58+,59-,60-,61-,62-,63-/m1/s1. The van der Waals surface area contributed by atoms with Gasteiger partial charge in [-0.2, -0.15) is 0 Å². The number of fused-ring (bicyclic) bond motifs is 1. The van der Waals surface area contributed by atoms with Gasteiger partial charge in [0.2, 0.25) is 76.8 Å². The fraction of sp³-hybridized carbons (Fsp3) is 0.789. The number of likely N-dealkylation sites (N-methyl/N-ethyl adjacent to an activating group) is 1. The van der Waals surface area contributed by atoms with Crippen LogP contribution in [0.5, 0.6) is 0 Å². The molecule has 39 heteroatoms. The number of aliphatic hydroxyl groups excluding tert-OH is 4. The van der Waals surface area contributed by atoms with Crippen molar-refractivity contribution in [3.8, 4) is 0 Å². The minimum atomic E-state index is -2.69. The van der Waals surface area contributed by atoms with Crippen LogP contribution in [0.15, 0.2) is 0 Å². The molecule has 0 bridgehead atoms. The second kappa shape index (κ2) is 50.0. The number of piperidine rings is 1. The average molecular weight is 1640 g/mol. The van der Waals surface area contributed by atoms with Gasteiger partial charge in [0, 0.05) is 39.5 Å². The van der Waals surface area contributed by atoms with E-state index in [1.54, 1.807) is 34.6 Å². The van der Waals surface area contributed by atoms with Crippen LogP contribution < -0.4 is 76.5 Å². The topological polar surface area (TPSA) is 638 Å². The molecule has 0 aromatic rings. The number of ether oxygens (including phenoxy) is 2. The summed E-state index contributed by atoms with van der Waals surface area (Å²) >= 11 is 0. The van der Waals surface area contributed by atoms with Gasteiger partial charge in [-0.3, -0.25) is 71.9 Å². The van der Waals surface area contributed by atoms with E-state index in [2.05, 4.69) is 68.6 Å². The molecule has 39 nitrogen and oxygen atoms in total. The number of carboxylic acid groups (broad SMARTS) is 1. The molecule has 0 radical (unpaired) electrons. The first-order valence-electron chi connectivity index (χ1n) is 39.9. The van der Waals surface area contributed by atoms with E-state index >= 15 is 19.2 Å². The summed E-state index contributed by atoms with van der Waals surface area (Å²) in [6.07, 6.45) is -10.6. The summed E-state index contributed by atoms with van der Waals surface area (Å²) in [5, 5.41) is 78.6. The van der Waals surface area contributed by atoms with E-state index in [9.17, 15) is 83.1 Å². The predicted molar refractivity (Wildman–Crippen MR) is 418 cm³/mol. The van der Waals surface area contributed by atoms with Crippen molar-refractivity contribution >= 4 is 94.6 Å². The van der Waals surface area contributed by atoms with E-state index in [-0.39, 0.29) is 82.8 Å². The van der Waals surface area contributed by atoms with Crippen molar-refractivity contribution in [1.29, 1.82) is 0 Å². The van der Waals surface area contributed by atoms with Crippen LogP contribution in [0.25, 0.3) is 0 Å². The smallest absolute Gasteiger partial charge is 0.329 e. The normalized spacial score (nSPS) is 24.5. The Kier molecular flexibility index (Phi) is 44.5. The number of carbonyl (C=O) groups excluding carboxylic acids is 15. The first-order chi connectivity index (χ1) is 53.7. The summed E-state index contributed by atoms with van der Waals surface area (Å²) in [5.74, 6) is -24.8. The maximum absolute atomic E-state index is 15.6. The van der Waals surface area contributed by atoms with E-state index < -0.39 is 266 Å². The number of hydrogen-bond acceptors (Lipinski definition) is 24. The highest BCUT2D eigenvalue weighted by atomic mass is 16.5. The molecule has 2 fully saturated rings. The average Bonchev–Trinajstić information content (AvgIpc) is 1.06. The zero-order valence-corrected chi connectivity index (χ0v) is 69.4. The van der Waals surface area contributed by atoms with E-state index in [0.717, 1.165) is 36.8 Å². The van der Waals surface area contributed by atoms with Gasteiger partial charge < -0.3 is 121 Å². The summed E-state index contributed by atoms with van der Waals surface area (Å²) in [5.41, 5.74) is 28.6. The third kappa shape index (κ3) is 32.3. The Hall–Kier alpha value is -8.76. The lowest BCUT2D eigenvalue weighted by molar-refractivity contribution is -0.168. The van der Waals surface area contributed by atoms with Crippen LogP contribution in [0.4, 0.5) is 0 Å². The first kappa shape index (κ1) is 102. The Morgan fingerprint density at radius 3 is 1.77 bits per heavy atom. The second-order valence-corrected chi connectivity index (χ2v) is 31.9. The number of esters is 1. The zero-order chi connectivity index (χ0) is 87.7. The van der Waals surface area contributed by atoms with Crippen molar-refractivity contribution in [2.24, 2.45) is 81.9 Å². The minimum Gasteiger partial charge on any atom is -0.481 e. The number of aliphatic carboxylic acids is 1. The summed E-state index contributed by atoms with van der Waals surface area (Å²) in [7, 11) is 2.31. The van der Waals surface area contributed by atoms with E-state index in [0.29, 0.717) is 12.3 Å². The van der Waals surface area contributed by atoms with Crippen molar-refractivity contribution in [2.45, 2.75) is 290 Å². The molecule has 0 aromatic carbocycles. The monoisotopic (exact) mass is 1640 g/mol. The van der Waals surface area contributed by atoms with Crippen molar-refractivity contribution in [3.63, 3.8) is 0 Å². The van der Waals surface area contributed by atoms with Crippen LogP contribution in [-0.2, 0) is 86.2 Å². The first-order valence-corrected chi connectivity index (χ1v) is 39.9. The number of nitrogens with zero attached hydrogens (tertiary/aromatic N) is 2. The molecule has 115 heavy (non-hydrogen) atoms. The number of amides is 14. The molecule has 2 aliphatic rings. The quantitative estimate of drug-likeness (QED) is 0.0259. The van der Waals surface area contributed by atoms with E-state index in [1.165, 1.54) is 34.6 Å². The number of nitrogens with two attached hydrogens (primary N) is 5. The molecular formula is C76H134N16O23. The van der Waals surface area contributed by atoms with Crippen molar-refractivity contribution in [3.05, 3.63) is 0 Å². The minimum absolute atomic E-state index is 0.0189. The summed E-state index contributed by atoms with van der Waals surface area (Å²) in [4.78, 5) is 230. The Labute approximate surface area is 673 Å². The molecule has 0 unspecified atom stereocenters. The number of nitrogens with one attached hydrogen (secondary N) is 9. The molecule has 0 aromatic heterocycles. The van der Waals surface area contributed by atoms with Gasteiger partial charge in [0.15, 0.2) is 6.10 Å². The summed E-state index contributed by atoms with van der Waals surface area (Å²) < 4.78 is 11.8. The lowest BCUT2D eigenvalue weighted by Crippen LogP contribution is -2.65. The van der Waals surface area contributed by atoms with Gasteiger partial charge in [0.1, 0.15) is 72.6 Å². The highest BCUT2D eigenvalue weighted by Gasteiger charge is 2.48. The highest BCUT2D eigenvalue weighted by Crippen LogP contribution is 2.29. The number of hydrogen-bond donors (Lipinski definition) is 19. The van der Waals surface area contributed by atoms with Gasteiger partial charge in [0.05, 0.1) is 37.2 Å². The maximum atomic E-state index is 15.6. The molecular weight excluding hydrogens is 1500 g/mol. The molecule has 2 heterocycles. The highest BCUT2D eigenvalue weighted by molar-refractivity contribution is 6.00. The van der Waals surface area contributed by atoms with Gasteiger partial charge in [-0.1, -0.05) is 89.5 Å². The Bertz CT molecular complexity index is 3280. The maximum Gasteiger partial charge on any atom is 0.329 e. The van der Waals surface area contributed by atoms with Crippen LogP contribution in [-0.4, -0.2) is 267 Å². The Morgan fingerprint density at radius 1 is 0.626 bits per heavy atom. The molecule has 14 amide bonds. The number of carboxylic acids is 1. The van der Waals surface area contributed by atoms with Crippen LogP contribution in [0.1, 0.15) is 193 Å². The predicted octanol–water partition coefficient (Wildman–Crippen LogP) is -4.09. The van der Waals surface area contributed by atoms with E-state index in [4.69, 9.17) is 38.1 Å². The number of rotatable bonds is 41. The van der Waals surface area contributed by atoms with E-state index in [1.807, 2.05) is 0 Å². The molecule has 23 atom stereocenters. The zero-order valence-electron chi connectivity index (χ0n) is 69.4. The number of aliphatic hydroxyl groups is 4. The number of cyclic esters (lactones) is 1. The molecule has 0 aliphatic carbocycles. The Morgan fingerprint density at radius 2 is 1.22 bits per heavy atom. The molecule has 24 N–H and O–H groups in total. The molecule has 2 saturated heterocycles. The van der Waals surface area contributed by atoms with Gasteiger partial charge in [-0.15, -0.1) is 0 Å². The largest absolute Gasteiger partial charge is 0.481 e. The summed E-state index contributed by atoms with van der Waals surface area (Å²) in [6.45, 7) is 19.7. The van der Waals surface area contributed by atoms with Crippen molar-refractivity contribution in [1.82, 2.24) is 57.7 Å². The molecule has 2 aliphatic heterocycles. The Balaban J connectivity index is 3.09. The van der Waals surface area contributed by atoms with Gasteiger partial charge in [-0.25, -0.2) is 4.79 Å². The number of carbonyl (C=O) groups is 16. The second-order valence-electron chi connectivity index (χ2n) is 31.9. The van der Waals surface area contributed by atoms with Gasteiger partial charge in [-0.05, 0) is 138 Å². The van der Waals surface area contributed by atoms with Crippen molar-refractivity contribution in [2.75, 3.05) is 40.4 Å². The van der Waals surface area contributed by atoms with Crippen LogP contribution in [0.3, 0.4) is 0 Å². The number of methoxy groups -OCH3 is 1. The summed E-state index contributed by atoms with van der Waals surface area (Å²) in [6, 6.07) is -20.1. The third-order valence-corrected chi connectivity index (χ3v) is 21.9. The molecule has 0 spiro atoms. The van der Waals surface area contributed by atoms with Crippen LogP contribution in [0.2, 0.25) is 0 Å². The third-order valence-electron chi connectivity index (χ3n) is 21.9. The van der Waals surface area contributed by atoms with Gasteiger partial charge >= 0.3 is 11.9 Å². The molecule has 0 saturated carbocycles. The lowest BCUT2D eigenvalue weighted by Gasteiger charge is -2.39. The number of primary amides is 3.